The van der Waals surface area contributed by atoms with Crippen LogP contribution in [0.3, 0.4) is 0 Å². The van der Waals surface area contributed by atoms with Gasteiger partial charge in [-0.05, 0) is 110 Å². The lowest BCUT2D eigenvalue weighted by Crippen LogP contribution is -2.15. The molecule has 65 heavy (non-hydrogen) atoms. The lowest BCUT2D eigenvalue weighted by atomic mass is 9.82. The molecule has 0 bridgehead atoms. The van der Waals surface area contributed by atoms with Crippen LogP contribution in [0.4, 0.5) is 17.1 Å². The molecule has 0 unspecified atom stereocenters. The lowest BCUT2D eigenvalue weighted by molar-refractivity contribution is 0.660. The van der Waals surface area contributed by atoms with E-state index in [2.05, 4.69) is 266 Å². The van der Waals surface area contributed by atoms with Gasteiger partial charge >= 0.3 is 0 Å². The third kappa shape index (κ3) is 6.40. The van der Waals surface area contributed by atoms with E-state index >= 15 is 0 Å². The van der Waals surface area contributed by atoms with E-state index in [1.54, 1.807) is 0 Å². The molecule has 0 amide bonds. The second kappa shape index (κ2) is 15.6. The number of nitrogens with zero attached hydrogens (tertiary/aromatic N) is 2. The zero-order valence-electron chi connectivity index (χ0n) is 36.5. The van der Waals surface area contributed by atoms with E-state index in [0.717, 1.165) is 39.4 Å². The van der Waals surface area contributed by atoms with E-state index in [1.807, 2.05) is 0 Å². The molecule has 2 nitrogen and oxygen atoms in total. The average molecular weight is 831 g/mol. The predicted molar refractivity (Wildman–Crippen MR) is 275 cm³/mol. The van der Waals surface area contributed by atoms with Crippen molar-refractivity contribution < 1.29 is 0 Å². The van der Waals surface area contributed by atoms with Crippen LogP contribution in [0.5, 0.6) is 0 Å². The summed E-state index contributed by atoms with van der Waals surface area (Å²) in [7, 11) is 0. The summed E-state index contributed by atoms with van der Waals surface area (Å²) in [6, 6.07) is 88.9. The van der Waals surface area contributed by atoms with Crippen LogP contribution >= 0.6 is 0 Å². The van der Waals surface area contributed by atoms with Crippen molar-refractivity contribution in [2.45, 2.75) is 19.3 Å². The largest absolute Gasteiger partial charge is 0.309 e. The Balaban J connectivity index is 1.05. The predicted octanol–water partition coefficient (Wildman–Crippen LogP) is 17.2. The van der Waals surface area contributed by atoms with E-state index in [9.17, 15) is 0 Å². The zero-order chi connectivity index (χ0) is 43.5. The van der Waals surface area contributed by atoms with Gasteiger partial charge in [-0.25, -0.2) is 0 Å². The molecule has 0 atom stereocenters. The fourth-order valence-electron chi connectivity index (χ4n) is 10.5. The first-order valence-corrected chi connectivity index (χ1v) is 22.6. The Kier molecular flexibility index (Phi) is 9.21. The van der Waals surface area contributed by atoms with Crippen molar-refractivity contribution in [1.82, 2.24) is 4.57 Å². The van der Waals surface area contributed by atoms with Crippen LogP contribution in [0.2, 0.25) is 0 Å². The number of para-hydroxylation sites is 3. The third-order valence-corrected chi connectivity index (χ3v) is 13.6. The van der Waals surface area contributed by atoms with Crippen LogP contribution in [-0.2, 0) is 5.41 Å². The Morgan fingerprint density at radius 3 is 1.58 bits per heavy atom. The maximum absolute atomic E-state index is 2.48. The lowest BCUT2D eigenvalue weighted by Gasteiger charge is -2.31. The van der Waals surface area contributed by atoms with Crippen LogP contribution in [0.25, 0.3) is 83.1 Å². The summed E-state index contributed by atoms with van der Waals surface area (Å²) in [5, 5.41) is 2.52. The van der Waals surface area contributed by atoms with Gasteiger partial charge in [-0.3, -0.25) is 0 Å². The second-order valence-corrected chi connectivity index (χ2v) is 17.7. The van der Waals surface area contributed by atoms with E-state index in [-0.39, 0.29) is 5.41 Å². The van der Waals surface area contributed by atoms with Crippen LogP contribution in [0, 0.1) is 0 Å². The number of benzene rings is 10. The average Bonchev–Trinajstić information content (AvgIpc) is 3.83. The molecular weight excluding hydrogens is 785 g/mol. The summed E-state index contributed by atoms with van der Waals surface area (Å²) < 4.78 is 2.39. The molecule has 1 heterocycles. The van der Waals surface area contributed by atoms with Gasteiger partial charge in [0.25, 0.3) is 0 Å². The summed E-state index contributed by atoms with van der Waals surface area (Å²) in [5.41, 5.74) is 21.6. The SMILES string of the molecule is CC1(C)c2ccccc2-c2c(-c3ccccc3N(c3ccc(-c4cccc(-n5c6ccccc6c6ccccc65)c4)cc3)c3ccc(-c4ccccc4)cc3-c3ccccc3)cccc21. The number of fused-ring (bicyclic) bond motifs is 6. The molecule has 0 radical (unpaired) electrons. The molecule has 0 N–H and O–H groups in total. The maximum Gasteiger partial charge on any atom is 0.0541 e. The molecule has 0 saturated heterocycles. The van der Waals surface area contributed by atoms with E-state index in [4.69, 9.17) is 0 Å². The van der Waals surface area contributed by atoms with Crippen LogP contribution in [-0.4, -0.2) is 4.57 Å². The first kappa shape index (κ1) is 38.5. The van der Waals surface area contributed by atoms with Crippen molar-refractivity contribution in [2.75, 3.05) is 4.90 Å². The third-order valence-electron chi connectivity index (χ3n) is 13.6. The standard InChI is InChI=1S/C63H46N2/c1-63(2)56-30-13-9-28-54(56)62-53(29-18-31-57(62)63)52-27-12-16-34-60(52)64(61-40-37-47(43-19-5-3-6-20-43)42-55(61)45-21-7-4-8-22-45)48-38-35-44(36-39-48)46-23-17-24-49(41-46)65-58-32-14-10-25-50(58)51-26-11-15-33-59(51)65/h3-42H,1-2H3. The Bertz CT molecular complexity index is 3510. The van der Waals surface area contributed by atoms with Crippen molar-refractivity contribution >= 4 is 38.9 Å². The molecule has 1 aliphatic carbocycles. The Hall–Kier alpha value is -8.20. The summed E-state index contributed by atoms with van der Waals surface area (Å²) >= 11 is 0. The molecule has 1 aliphatic rings. The van der Waals surface area contributed by atoms with Crippen molar-refractivity contribution in [3.8, 4) is 61.3 Å². The van der Waals surface area contributed by atoms with E-state index < -0.39 is 0 Å². The quantitative estimate of drug-likeness (QED) is 0.148. The monoisotopic (exact) mass is 830 g/mol. The Labute approximate surface area is 381 Å². The maximum atomic E-state index is 2.48. The van der Waals surface area contributed by atoms with Crippen LogP contribution in [0.1, 0.15) is 25.0 Å². The smallest absolute Gasteiger partial charge is 0.0541 e. The summed E-state index contributed by atoms with van der Waals surface area (Å²) in [4.78, 5) is 2.48. The zero-order valence-corrected chi connectivity index (χ0v) is 36.5. The fraction of sp³-hybridized carbons (Fsp3) is 0.0476. The van der Waals surface area contributed by atoms with Gasteiger partial charge in [0.05, 0.1) is 22.4 Å². The minimum atomic E-state index is -0.112. The van der Waals surface area contributed by atoms with E-state index in [0.29, 0.717) is 0 Å². The van der Waals surface area contributed by atoms with Crippen molar-refractivity contribution in [1.29, 1.82) is 0 Å². The summed E-state index contributed by atoms with van der Waals surface area (Å²) in [6.07, 6.45) is 0. The van der Waals surface area contributed by atoms with E-state index in [1.165, 1.54) is 71.9 Å². The number of hydrogen-bond acceptors (Lipinski definition) is 1. The van der Waals surface area contributed by atoms with Crippen molar-refractivity contribution in [2.24, 2.45) is 0 Å². The summed E-state index contributed by atoms with van der Waals surface area (Å²) in [6.45, 7) is 4.72. The van der Waals surface area contributed by atoms with Gasteiger partial charge in [-0.2, -0.15) is 0 Å². The summed E-state index contributed by atoms with van der Waals surface area (Å²) in [5.74, 6) is 0. The first-order valence-electron chi connectivity index (χ1n) is 22.6. The normalized spacial score (nSPS) is 12.6. The topological polar surface area (TPSA) is 8.17 Å². The van der Waals surface area contributed by atoms with Crippen LogP contribution in [0.15, 0.2) is 243 Å². The molecular formula is C63H46N2. The molecule has 1 aromatic heterocycles. The van der Waals surface area contributed by atoms with Crippen molar-refractivity contribution in [3.63, 3.8) is 0 Å². The highest BCUT2D eigenvalue weighted by Crippen LogP contribution is 2.54. The highest BCUT2D eigenvalue weighted by molar-refractivity contribution is 6.09. The van der Waals surface area contributed by atoms with Gasteiger partial charge in [-0.1, -0.05) is 202 Å². The Morgan fingerprint density at radius 2 is 0.846 bits per heavy atom. The highest BCUT2D eigenvalue weighted by atomic mass is 15.1. The van der Waals surface area contributed by atoms with Gasteiger partial charge in [0.2, 0.25) is 0 Å². The van der Waals surface area contributed by atoms with Gasteiger partial charge in [0.1, 0.15) is 0 Å². The number of aromatic nitrogens is 1. The molecule has 0 aliphatic heterocycles. The molecule has 12 rings (SSSR count). The van der Waals surface area contributed by atoms with Gasteiger partial charge in [0, 0.05) is 38.7 Å². The highest BCUT2D eigenvalue weighted by Gasteiger charge is 2.37. The van der Waals surface area contributed by atoms with Gasteiger partial charge < -0.3 is 9.47 Å². The number of rotatable bonds is 8. The fourth-order valence-corrected chi connectivity index (χ4v) is 10.5. The minimum Gasteiger partial charge on any atom is -0.309 e. The molecule has 2 heteroatoms. The molecule has 11 aromatic rings. The second-order valence-electron chi connectivity index (χ2n) is 17.7. The van der Waals surface area contributed by atoms with Crippen molar-refractivity contribution in [3.05, 3.63) is 254 Å². The number of anilines is 3. The van der Waals surface area contributed by atoms with Crippen LogP contribution < -0.4 is 4.90 Å². The van der Waals surface area contributed by atoms with Gasteiger partial charge in [-0.15, -0.1) is 0 Å². The molecule has 0 saturated carbocycles. The van der Waals surface area contributed by atoms with Gasteiger partial charge in [0.15, 0.2) is 0 Å². The molecule has 0 fully saturated rings. The Morgan fingerprint density at radius 1 is 0.338 bits per heavy atom. The minimum absolute atomic E-state index is 0.112. The molecule has 10 aromatic carbocycles. The number of hydrogen-bond donors (Lipinski definition) is 0. The molecule has 308 valence electrons. The molecule has 0 spiro atoms. The first-order chi connectivity index (χ1) is 32.0.